The zero-order valence-corrected chi connectivity index (χ0v) is 76.7. The van der Waals surface area contributed by atoms with Gasteiger partial charge in [0.25, 0.3) is 5.91 Å². The average Bonchev–Trinajstić information content (AvgIpc) is 1.73. The van der Waals surface area contributed by atoms with Gasteiger partial charge in [0.2, 0.25) is 18.6 Å². The van der Waals surface area contributed by atoms with Gasteiger partial charge in [-0.15, -0.1) is 0 Å². The van der Waals surface area contributed by atoms with Crippen LogP contribution in [0.25, 0.3) is 88.8 Å². The molecule has 35 nitrogen and oxygen atoms in total. The third-order valence-electron chi connectivity index (χ3n) is 24.7. The first-order valence-electron chi connectivity index (χ1n) is 44.8. The van der Waals surface area contributed by atoms with Crippen LogP contribution in [-0.2, 0) is 42.9 Å². The number of H-pyrrole nitrogens is 4. The van der Waals surface area contributed by atoms with E-state index < -0.39 is 71.8 Å². The number of aliphatic carboxylic acids is 1. The number of aromatic nitrogens is 8. The molecule has 8 aromatic carbocycles. The fourth-order valence-corrected chi connectivity index (χ4v) is 17.7. The minimum absolute atomic E-state index is 0.0963. The maximum atomic E-state index is 14.0. The molecule has 0 spiro atoms. The van der Waals surface area contributed by atoms with Gasteiger partial charge in [0, 0.05) is 37.3 Å². The minimum atomic E-state index is -1.20. The molecule has 8 atom stereocenters. The van der Waals surface area contributed by atoms with Crippen molar-refractivity contribution in [1.82, 2.24) is 80.7 Å². The van der Waals surface area contributed by atoms with E-state index in [0.717, 1.165) is 153 Å². The highest BCUT2D eigenvalue weighted by molar-refractivity contribution is 5.94. The van der Waals surface area contributed by atoms with Gasteiger partial charge >= 0.3 is 36.4 Å². The second kappa shape index (κ2) is 41.1. The van der Waals surface area contributed by atoms with E-state index in [1.807, 2.05) is 77.9 Å². The first kappa shape index (κ1) is 94.2. The van der Waals surface area contributed by atoms with E-state index >= 15 is 0 Å². The number of carbonyl (C=O) groups excluding carboxylic acids is 8. The molecule has 8 amide bonds. The van der Waals surface area contributed by atoms with Crippen molar-refractivity contribution in [3.05, 3.63) is 217 Å². The number of carbonyl (C=O) groups is 9. The molecule has 17 rings (SSSR count). The quantitative estimate of drug-likeness (QED) is 0.0222. The lowest BCUT2D eigenvalue weighted by Gasteiger charge is -2.30. The Morgan fingerprint density at radius 3 is 1.11 bits per heavy atom. The smallest absolute Gasteiger partial charge is 0.410 e. The number of alkyl carbamates (subject to hydrolysis) is 4. The predicted molar refractivity (Wildman–Crippen MR) is 500 cm³/mol. The highest BCUT2D eigenvalue weighted by atomic mass is 16.7. The van der Waals surface area contributed by atoms with Crippen LogP contribution in [0.3, 0.4) is 0 Å². The fourth-order valence-electron chi connectivity index (χ4n) is 17.7. The lowest BCUT2D eigenvalue weighted by atomic mass is 9.98. The number of amides is 8. The zero-order chi connectivity index (χ0) is 95.6. The number of benzene rings is 8. The third kappa shape index (κ3) is 21.5. The molecule has 0 bridgehead atoms. The molecule has 5 aliphatic rings. The van der Waals surface area contributed by atoms with Crippen LogP contribution < -0.4 is 30.7 Å². The Morgan fingerprint density at radius 2 is 0.719 bits per heavy atom. The molecule has 135 heavy (non-hydrogen) atoms. The van der Waals surface area contributed by atoms with Crippen molar-refractivity contribution in [3.8, 4) is 90.3 Å². The maximum Gasteiger partial charge on any atom is 0.410 e. The van der Waals surface area contributed by atoms with E-state index in [1.165, 1.54) is 45.6 Å². The molecule has 0 radical (unpaired) electrons. The fraction of sp³-hybridized carbons (Fsp3) is 0.350. The van der Waals surface area contributed by atoms with Gasteiger partial charge in [0.05, 0.1) is 100 Å². The van der Waals surface area contributed by atoms with Crippen molar-refractivity contribution >= 4 is 75.7 Å². The van der Waals surface area contributed by atoms with Gasteiger partial charge in [-0.25, -0.2) is 48.7 Å². The van der Waals surface area contributed by atoms with E-state index in [2.05, 4.69) is 165 Å². The Kier molecular flexibility index (Phi) is 28.7. The van der Waals surface area contributed by atoms with Gasteiger partial charge in [-0.3, -0.25) is 19.3 Å². The van der Waals surface area contributed by atoms with Crippen molar-refractivity contribution in [2.75, 3.05) is 61.4 Å². The number of aromatic hydroxyl groups is 2. The normalized spacial score (nSPS) is 17.0. The van der Waals surface area contributed by atoms with Crippen LogP contribution in [0.2, 0.25) is 0 Å². The number of rotatable bonds is 22. The summed E-state index contributed by atoms with van der Waals surface area (Å²) in [5.74, 6) is 0.997. The third-order valence-corrected chi connectivity index (χ3v) is 24.7. The number of hydrogen-bond acceptors (Lipinski definition) is 22. The van der Waals surface area contributed by atoms with Gasteiger partial charge in [0.1, 0.15) is 47.0 Å². The summed E-state index contributed by atoms with van der Waals surface area (Å²) in [6.45, 7) is 15.6. The van der Waals surface area contributed by atoms with Crippen LogP contribution in [0, 0.1) is 11.8 Å². The number of phenolic OH excluding ortho intramolecular Hbond substituents is 2. The second-order valence-electron chi connectivity index (χ2n) is 35.4. The minimum Gasteiger partial charge on any atom is -0.504 e. The first-order valence-corrected chi connectivity index (χ1v) is 44.8. The number of phenols is 2. The summed E-state index contributed by atoms with van der Waals surface area (Å²) < 4.78 is 34.6. The highest BCUT2D eigenvalue weighted by Gasteiger charge is 2.42. The number of methoxy groups -OCH3 is 4. The monoisotopic (exact) mass is 1840 g/mol. The van der Waals surface area contributed by atoms with Gasteiger partial charge in [-0.2, -0.15) is 0 Å². The number of fused-ring (bicyclic) bond motifs is 3. The van der Waals surface area contributed by atoms with E-state index in [9.17, 15) is 53.4 Å². The number of imidazole rings is 4. The molecule has 0 aliphatic carbocycles. The number of carboxylic acid groups (broad SMARTS) is 1. The summed E-state index contributed by atoms with van der Waals surface area (Å²) in [4.78, 5) is 152. The Hall–Kier alpha value is -15.5. The molecular weight excluding hydrogens is 1730 g/mol. The molecule has 11 N–H and O–H groups in total. The van der Waals surface area contributed by atoms with Crippen LogP contribution in [0.15, 0.2) is 183 Å². The number of nitrogens with zero attached hydrogens (tertiary/aromatic N) is 8. The Morgan fingerprint density at radius 1 is 0.385 bits per heavy atom. The standard InChI is InChI=1S/C47H50N8O8.C42H49N7O5.C11H11NO6/c1-26(2)40(52-46(60)62-3)44(58)54-19-5-7-36(54)43-49-25-35(51-43)32-16-15-30-21-29(13-14-31(30)22-32)27-9-11-28(12-10-27)34-24-48-42(50-34)37-8-6-20-55(37)45(59)41(53-47(61)63-4)33-17-18-38(56)39(57)23-33;1-25(2)36(47-40(51)53-6)39(50)48-19-7-9-34(48)37-44-24-33(46-37)31-18-17-29-21-28(15-16-30(29)22-31)26-11-13-27(14-12-26)32-23-43-38(45-32)35-10-8-20-49(35)41(52)54-42(3,4)5;1-16-11(15)12-9(10(13)14)6-2-3-7-8(4-6)18-5-17-7/h9-18,21-26,36-37,40-41,56-57H,5-8,19-20H2,1-4H3,(H,48,50)(H,49,51)(H,52,60)(H,53,61);11-18,21-25,34-36H,7-10,19-20H2,1-6H3,(H,43,45)(H,44,46)(H,47,51);2-4,9H,5H2,1H3,(H,12,15)(H,13,14)/t36-,37-,40-,41?;34-,35-,36-;/m00./s1. The molecule has 4 fully saturated rings. The second-order valence-corrected chi connectivity index (χ2v) is 35.4. The van der Waals surface area contributed by atoms with Gasteiger partial charge in [0.15, 0.2) is 29.0 Å². The number of hydrogen-bond donors (Lipinski definition) is 11. The lowest BCUT2D eigenvalue weighted by molar-refractivity contribution is -0.139. The lowest BCUT2D eigenvalue weighted by Crippen LogP contribution is -2.51. The molecule has 2 unspecified atom stereocenters. The van der Waals surface area contributed by atoms with Crippen LogP contribution >= 0.6 is 0 Å². The molecule has 5 aliphatic heterocycles. The number of ether oxygens (including phenoxy) is 7. The summed E-state index contributed by atoms with van der Waals surface area (Å²) in [6, 6.07) is 46.0. The summed E-state index contributed by atoms with van der Waals surface area (Å²) in [7, 11) is 4.94. The van der Waals surface area contributed by atoms with Gasteiger partial charge in [-0.05, 0) is 199 Å². The molecule has 4 aromatic heterocycles. The van der Waals surface area contributed by atoms with E-state index in [-0.39, 0.29) is 66.5 Å². The molecule has 0 saturated carbocycles. The SMILES string of the molecule is COC(=O)NC(C(=O)N1CCC[C@H]1c1ncc(-c2ccc(-c3ccc4cc(-c5cnc([C@@H]6CCCN6C(=O)[C@@H](NC(=O)OC)C(C)C)[nH]5)ccc4c3)cc2)[nH]1)c1ccc(O)c(O)c1.COC(=O)NC(C(=O)O)c1ccc2c(c1)OCO2.COC(=O)N[C@H](C(=O)N1CCC[C@H]1c1ncc(-c2ccc3cc(-c4ccc(-c5cnc([C@@H]6CCCN6C(=O)OC(C)(C)C)[nH]5)cc4)ccc3c2)[nH]1)C(C)C. The molecule has 9 heterocycles. The van der Waals surface area contributed by atoms with Crippen LogP contribution in [0.4, 0.5) is 24.0 Å². The summed E-state index contributed by atoms with van der Waals surface area (Å²) in [5, 5.41) is 43.6. The Balaban J connectivity index is 0.000000175. The average molecular weight is 1840 g/mol. The van der Waals surface area contributed by atoms with E-state index in [1.54, 1.807) is 39.2 Å². The number of nitrogens with one attached hydrogen (secondary N) is 8. The summed E-state index contributed by atoms with van der Waals surface area (Å²) in [6.07, 6.45) is 10.4. The van der Waals surface area contributed by atoms with Gasteiger partial charge < -0.3 is 104 Å². The van der Waals surface area contributed by atoms with Crippen LogP contribution in [0.5, 0.6) is 23.0 Å². The van der Waals surface area contributed by atoms with Crippen LogP contribution in [0.1, 0.15) is 171 Å². The first-order chi connectivity index (χ1) is 64.9. The predicted octanol–water partition coefficient (Wildman–Crippen LogP) is 16.8. The zero-order valence-electron chi connectivity index (χ0n) is 76.7. The molecule has 704 valence electrons. The van der Waals surface area contributed by atoms with Gasteiger partial charge in [-0.1, -0.05) is 137 Å². The molecular formula is C100H110N16O19. The Labute approximate surface area is 778 Å². The topological polar surface area (TPSA) is 455 Å². The highest BCUT2D eigenvalue weighted by Crippen LogP contribution is 2.42. The maximum absolute atomic E-state index is 14.0. The summed E-state index contributed by atoms with van der Waals surface area (Å²) in [5.41, 5.74) is 11.8. The van der Waals surface area contributed by atoms with Crippen molar-refractivity contribution < 1.29 is 91.6 Å². The number of carboxylic acids is 1. The number of aromatic amines is 4. The van der Waals surface area contributed by atoms with Crippen molar-refractivity contribution in [1.29, 1.82) is 0 Å². The van der Waals surface area contributed by atoms with E-state index in [0.29, 0.717) is 66.9 Å². The number of likely N-dealkylation sites (tertiary alicyclic amines) is 4. The molecule has 4 saturated heterocycles. The Bertz CT molecular complexity index is 6360. The molecule has 35 heteroatoms. The van der Waals surface area contributed by atoms with Crippen molar-refractivity contribution in [3.63, 3.8) is 0 Å². The van der Waals surface area contributed by atoms with Crippen molar-refractivity contribution in [2.45, 2.75) is 154 Å². The van der Waals surface area contributed by atoms with Crippen molar-refractivity contribution in [2.24, 2.45) is 11.8 Å². The largest absolute Gasteiger partial charge is 0.504 e. The van der Waals surface area contributed by atoms with Crippen LogP contribution in [-0.4, -0.2) is 208 Å². The molecule has 12 aromatic rings. The summed E-state index contributed by atoms with van der Waals surface area (Å²) >= 11 is 0. The van der Waals surface area contributed by atoms with E-state index in [4.69, 9.17) is 43.5 Å².